The van der Waals surface area contributed by atoms with Gasteiger partial charge >= 0.3 is 0 Å². The van der Waals surface area contributed by atoms with Gasteiger partial charge in [0.15, 0.2) is 0 Å². The van der Waals surface area contributed by atoms with E-state index in [0.717, 1.165) is 18.4 Å². The van der Waals surface area contributed by atoms with Gasteiger partial charge in [-0.15, -0.1) is 0 Å². The largest absolute Gasteiger partial charge is 0.394 e. The summed E-state index contributed by atoms with van der Waals surface area (Å²) in [6, 6.07) is 5.91. The third-order valence-corrected chi connectivity index (χ3v) is 3.41. The molecule has 1 aliphatic rings. The lowest BCUT2D eigenvalue weighted by Crippen LogP contribution is -2.38. The number of hydrogen-bond donors (Lipinski definition) is 1. The summed E-state index contributed by atoms with van der Waals surface area (Å²) in [7, 11) is 0. The maximum absolute atomic E-state index is 12.1. The standard InChI is InChI=1S/C13H16N2O4/c16-9-12-2-1-7-14(12)13(17)8-10-3-5-11(6-4-10)15(18)19/h3-6,12,16H,1-2,7-9H2/t12-/m1/s1. The number of aliphatic hydroxyl groups excluding tert-OH is 1. The van der Waals surface area contributed by atoms with Gasteiger partial charge in [-0.2, -0.15) is 0 Å². The van der Waals surface area contributed by atoms with Gasteiger partial charge in [0.25, 0.3) is 5.69 Å². The van der Waals surface area contributed by atoms with Gasteiger partial charge in [-0.3, -0.25) is 14.9 Å². The molecule has 1 amide bonds. The van der Waals surface area contributed by atoms with E-state index in [4.69, 9.17) is 0 Å². The Bertz CT molecular complexity index is 472. The first-order valence-corrected chi connectivity index (χ1v) is 6.25. The molecule has 1 saturated heterocycles. The SMILES string of the molecule is O=C(Cc1ccc([N+](=O)[O-])cc1)N1CCC[C@@H]1CO. The van der Waals surface area contributed by atoms with E-state index in [1.54, 1.807) is 17.0 Å². The van der Waals surface area contributed by atoms with Crippen molar-refractivity contribution in [2.24, 2.45) is 0 Å². The van der Waals surface area contributed by atoms with E-state index >= 15 is 0 Å². The van der Waals surface area contributed by atoms with Crippen molar-refractivity contribution in [1.82, 2.24) is 4.90 Å². The van der Waals surface area contributed by atoms with E-state index in [2.05, 4.69) is 0 Å². The summed E-state index contributed by atoms with van der Waals surface area (Å²) in [5.74, 6) is -0.0367. The lowest BCUT2D eigenvalue weighted by Gasteiger charge is -2.23. The van der Waals surface area contributed by atoms with Crippen LogP contribution in [-0.2, 0) is 11.2 Å². The summed E-state index contributed by atoms with van der Waals surface area (Å²) in [6.07, 6.45) is 1.97. The molecule has 102 valence electrons. The quantitative estimate of drug-likeness (QED) is 0.652. The third kappa shape index (κ3) is 3.08. The molecule has 0 bridgehead atoms. The van der Waals surface area contributed by atoms with Crippen LogP contribution in [0.1, 0.15) is 18.4 Å². The number of nitro benzene ring substituents is 1. The molecule has 1 aromatic rings. The molecule has 1 heterocycles. The van der Waals surface area contributed by atoms with Crippen molar-refractivity contribution in [1.29, 1.82) is 0 Å². The first-order valence-electron chi connectivity index (χ1n) is 6.25. The van der Waals surface area contributed by atoms with Crippen LogP contribution < -0.4 is 0 Å². The zero-order valence-electron chi connectivity index (χ0n) is 10.5. The second-order valence-electron chi connectivity index (χ2n) is 4.67. The molecule has 0 saturated carbocycles. The zero-order valence-corrected chi connectivity index (χ0v) is 10.5. The molecule has 1 fully saturated rings. The molecule has 0 spiro atoms. The van der Waals surface area contributed by atoms with Gasteiger partial charge in [0.2, 0.25) is 5.91 Å². The topological polar surface area (TPSA) is 83.7 Å². The Morgan fingerprint density at radius 3 is 2.68 bits per heavy atom. The third-order valence-electron chi connectivity index (χ3n) is 3.41. The first kappa shape index (κ1) is 13.5. The van der Waals surface area contributed by atoms with Crippen LogP contribution in [0.2, 0.25) is 0 Å². The summed E-state index contributed by atoms with van der Waals surface area (Å²) < 4.78 is 0. The van der Waals surface area contributed by atoms with Crippen molar-refractivity contribution in [3.63, 3.8) is 0 Å². The Kier molecular flexibility index (Phi) is 4.11. The molecule has 1 aliphatic heterocycles. The highest BCUT2D eigenvalue weighted by atomic mass is 16.6. The zero-order chi connectivity index (χ0) is 13.8. The number of benzene rings is 1. The molecule has 6 nitrogen and oxygen atoms in total. The number of nitro groups is 1. The highest BCUT2D eigenvalue weighted by Crippen LogP contribution is 2.19. The van der Waals surface area contributed by atoms with E-state index in [1.165, 1.54) is 12.1 Å². The summed E-state index contributed by atoms with van der Waals surface area (Å²) in [6.45, 7) is 0.670. The number of amides is 1. The summed E-state index contributed by atoms with van der Waals surface area (Å²) in [5.41, 5.74) is 0.768. The molecule has 2 rings (SSSR count). The first-order chi connectivity index (χ1) is 9.11. The number of carbonyl (C=O) groups is 1. The van der Waals surface area contributed by atoms with Gasteiger partial charge < -0.3 is 10.0 Å². The Morgan fingerprint density at radius 1 is 1.42 bits per heavy atom. The van der Waals surface area contributed by atoms with Crippen molar-refractivity contribution >= 4 is 11.6 Å². The van der Waals surface area contributed by atoms with E-state index in [0.29, 0.717) is 6.54 Å². The molecule has 0 radical (unpaired) electrons. The van der Waals surface area contributed by atoms with E-state index < -0.39 is 4.92 Å². The van der Waals surface area contributed by atoms with E-state index in [9.17, 15) is 20.0 Å². The van der Waals surface area contributed by atoms with E-state index in [1.807, 2.05) is 0 Å². The van der Waals surface area contributed by atoms with Crippen LogP contribution in [-0.4, -0.2) is 40.0 Å². The van der Waals surface area contributed by atoms with Crippen LogP contribution in [0, 0.1) is 10.1 Å². The number of hydrogen-bond acceptors (Lipinski definition) is 4. The lowest BCUT2D eigenvalue weighted by atomic mass is 10.1. The van der Waals surface area contributed by atoms with Gasteiger partial charge in [0.05, 0.1) is 24.0 Å². The van der Waals surface area contributed by atoms with Gasteiger partial charge in [-0.1, -0.05) is 12.1 Å². The van der Waals surface area contributed by atoms with Crippen molar-refractivity contribution < 1.29 is 14.8 Å². The molecule has 0 aliphatic carbocycles. The van der Waals surface area contributed by atoms with Crippen LogP contribution in [0.15, 0.2) is 24.3 Å². The Hall–Kier alpha value is -1.95. The number of nitrogens with zero attached hydrogens (tertiary/aromatic N) is 2. The van der Waals surface area contributed by atoms with Crippen LogP contribution in [0.25, 0.3) is 0 Å². The molecular weight excluding hydrogens is 248 g/mol. The van der Waals surface area contributed by atoms with Crippen LogP contribution in [0.3, 0.4) is 0 Å². The summed E-state index contributed by atoms with van der Waals surface area (Å²) in [4.78, 5) is 23.8. The maximum atomic E-state index is 12.1. The second kappa shape index (κ2) is 5.79. The highest BCUT2D eigenvalue weighted by molar-refractivity contribution is 5.79. The number of likely N-dealkylation sites (tertiary alicyclic amines) is 1. The fourth-order valence-corrected chi connectivity index (χ4v) is 2.37. The predicted molar refractivity (Wildman–Crippen MR) is 68.6 cm³/mol. The molecule has 1 aromatic carbocycles. The maximum Gasteiger partial charge on any atom is 0.269 e. The van der Waals surface area contributed by atoms with E-state index in [-0.39, 0.29) is 30.7 Å². The van der Waals surface area contributed by atoms with Crippen molar-refractivity contribution in [3.05, 3.63) is 39.9 Å². The molecule has 19 heavy (non-hydrogen) atoms. The molecular formula is C13H16N2O4. The van der Waals surface area contributed by atoms with Crippen molar-refractivity contribution in [2.75, 3.05) is 13.2 Å². The minimum Gasteiger partial charge on any atom is -0.394 e. The Balaban J connectivity index is 2.00. The van der Waals surface area contributed by atoms with Crippen molar-refractivity contribution in [3.8, 4) is 0 Å². The van der Waals surface area contributed by atoms with Crippen LogP contribution in [0.4, 0.5) is 5.69 Å². The monoisotopic (exact) mass is 264 g/mol. The number of aliphatic hydroxyl groups is 1. The smallest absolute Gasteiger partial charge is 0.269 e. The Morgan fingerprint density at radius 2 is 2.11 bits per heavy atom. The van der Waals surface area contributed by atoms with Gasteiger partial charge in [0, 0.05) is 18.7 Å². The number of carbonyl (C=O) groups excluding carboxylic acids is 1. The second-order valence-corrected chi connectivity index (χ2v) is 4.67. The average Bonchev–Trinajstić information content (AvgIpc) is 2.87. The van der Waals surface area contributed by atoms with Gasteiger partial charge in [-0.05, 0) is 18.4 Å². The average molecular weight is 264 g/mol. The lowest BCUT2D eigenvalue weighted by molar-refractivity contribution is -0.384. The highest BCUT2D eigenvalue weighted by Gasteiger charge is 2.27. The summed E-state index contributed by atoms with van der Waals surface area (Å²) >= 11 is 0. The molecule has 6 heteroatoms. The van der Waals surface area contributed by atoms with Gasteiger partial charge in [0.1, 0.15) is 0 Å². The molecule has 1 N–H and O–H groups in total. The van der Waals surface area contributed by atoms with Crippen LogP contribution >= 0.6 is 0 Å². The number of rotatable bonds is 4. The molecule has 1 atom stereocenters. The Labute approximate surface area is 110 Å². The predicted octanol–water partition coefficient (Wildman–Crippen LogP) is 1.12. The van der Waals surface area contributed by atoms with Gasteiger partial charge in [-0.25, -0.2) is 0 Å². The molecule has 0 unspecified atom stereocenters. The van der Waals surface area contributed by atoms with Crippen molar-refractivity contribution in [2.45, 2.75) is 25.3 Å². The fraction of sp³-hybridized carbons (Fsp3) is 0.462. The normalized spacial score (nSPS) is 18.6. The van der Waals surface area contributed by atoms with Crippen LogP contribution in [0.5, 0.6) is 0 Å². The molecule has 0 aromatic heterocycles. The summed E-state index contributed by atoms with van der Waals surface area (Å²) in [5, 5.41) is 19.7. The fourth-order valence-electron chi connectivity index (χ4n) is 2.37. The number of non-ortho nitro benzene ring substituents is 1. The minimum absolute atomic E-state index is 0.00794. The minimum atomic E-state index is -0.464.